The zero-order valence-corrected chi connectivity index (χ0v) is 2.57. The SMILES string of the molecule is C=[N+]1CC1. The van der Waals surface area contributed by atoms with Crippen molar-refractivity contribution in [3.05, 3.63) is 0 Å². The Morgan fingerprint density at radius 3 is 1.75 bits per heavy atom. The first kappa shape index (κ1) is 1.94. The highest BCUT2D eigenvalue weighted by Gasteiger charge is 2.14. The topological polar surface area (TPSA) is 3.01 Å². The molecule has 1 aliphatic heterocycles. The van der Waals surface area contributed by atoms with Gasteiger partial charge >= 0.3 is 0 Å². The van der Waals surface area contributed by atoms with Crippen molar-refractivity contribution in [2.45, 2.75) is 0 Å². The average Bonchev–Trinajstić information content (AvgIpc) is 1.75. The van der Waals surface area contributed by atoms with Crippen molar-refractivity contribution in [1.29, 1.82) is 0 Å². The molecular weight excluding hydrogens is 50.0 g/mol. The van der Waals surface area contributed by atoms with Crippen LogP contribution in [-0.2, 0) is 0 Å². The van der Waals surface area contributed by atoms with Crippen molar-refractivity contribution >= 4 is 6.72 Å². The van der Waals surface area contributed by atoms with Gasteiger partial charge in [-0.1, -0.05) is 0 Å². The van der Waals surface area contributed by atoms with Crippen molar-refractivity contribution < 1.29 is 4.58 Å². The molecular formula is C3H6N+. The molecule has 0 aromatic rings. The van der Waals surface area contributed by atoms with E-state index < -0.39 is 0 Å². The van der Waals surface area contributed by atoms with E-state index in [1.165, 1.54) is 13.1 Å². The van der Waals surface area contributed by atoms with Crippen molar-refractivity contribution in [3.8, 4) is 0 Å². The molecule has 1 fully saturated rings. The van der Waals surface area contributed by atoms with Crippen LogP contribution in [0, 0.1) is 0 Å². The molecule has 0 unspecified atom stereocenters. The van der Waals surface area contributed by atoms with Crippen molar-refractivity contribution in [3.63, 3.8) is 0 Å². The number of hydrogen-bond acceptors (Lipinski definition) is 0. The normalized spacial score (nSPS) is 21.5. The Hall–Kier alpha value is -0.330. The van der Waals surface area contributed by atoms with Gasteiger partial charge in [-0.3, -0.25) is 0 Å². The molecule has 0 atom stereocenters. The van der Waals surface area contributed by atoms with E-state index in [1.807, 2.05) is 4.58 Å². The minimum absolute atomic E-state index is 1.21. The summed E-state index contributed by atoms with van der Waals surface area (Å²) in [5.41, 5.74) is 0. The van der Waals surface area contributed by atoms with Gasteiger partial charge in [0.15, 0.2) is 0 Å². The smallest absolute Gasteiger partial charge is 0.200 e. The monoisotopic (exact) mass is 56.0 g/mol. The second-order valence-corrected chi connectivity index (χ2v) is 1.12. The summed E-state index contributed by atoms with van der Waals surface area (Å²) in [7, 11) is 0. The van der Waals surface area contributed by atoms with E-state index in [0.717, 1.165) is 0 Å². The summed E-state index contributed by atoms with van der Waals surface area (Å²) in [4.78, 5) is 0. The first-order valence-corrected chi connectivity index (χ1v) is 1.45. The van der Waals surface area contributed by atoms with Gasteiger partial charge in [-0.2, -0.15) is 0 Å². The number of hydrogen-bond donors (Lipinski definition) is 0. The Labute approximate surface area is 25.6 Å². The van der Waals surface area contributed by atoms with E-state index in [9.17, 15) is 0 Å². The van der Waals surface area contributed by atoms with Crippen molar-refractivity contribution in [2.24, 2.45) is 0 Å². The third-order valence-electron chi connectivity index (χ3n) is 0.540. The highest BCUT2D eigenvalue weighted by atomic mass is 15.1. The van der Waals surface area contributed by atoms with Gasteiger partial charge in [-0.25, -0.2) is 4.58 Å². The molecule has 22 valence electrons. The third kappa shape index (κ3) is 0.105. The maximum Gasteiger partial charge on any atom is 0.200 e. The fourth-order valence-electron chi connectivity index (χ4n) is 0.0707. The molecule has 0 aliphatic carbocycles. The number of rotatable bonds is 0. The molecule has 0 N–H and O–H groups in total. The molecule has 0 aromatic heterocycles. The van der Waals surface area contributed by atoms with Gasteiger partial charge in [-0.05, 0) is 0 Å². The molecule has 1 heterocycles. The molecule has 0 amide bonds. The van der Waals surface area contributed by atoms with E-state index >= 15 is 0 Å². The summed E-state index contributed by atoms with van der Waals surface area (Å²) in [6.07, 6.45) is 0. The fraction of sp³-hybridized carbons (Fsp3) is 0.667. The molecule has 1 nitrogen and oxygen atoms in total. The van der Waals surface area contributed by atoms with Crippen LogP contribution in [0.25, 0.3) is 0 Å². The Bertz CT molecular complexity index is 41.2. The summed E-state index contributed by atoms with van der Waals surface area (Å²) in [6.45, 7) is 6.00. The highest BCUT2D eigenvalue weighted by Crippen LogP contribution is 1.83. The molecule has 0 spiro atoms. The predicted molar refractivity (Wildman–Crippen MR) is 17.1 cm³/mol. The summed E-state index contributed by atoms with van der Waals surface area (Å²) in [5.74, 6) is 0. The van der Waals surface area contributed by atoms with Crippen LogP contribution in [0.4, 0.5) is 0 Å². The van der Waals surface area contributed by atoms with Gasteiger partial charge in [0.1, 0.15) is 6.72 Å². The van der Waals surface area contributed by atoms with Crippen LogP contribution >= 0.6 is 0 Å². The maximum atomic E-state index is 3.58. The molecule has 0 saturated carbocycles. The standard InChI is InChI=1S/C3H6N/c1-4-2-3-4/h1-3H2/q+1. The summed E-state index contributed by atoms with van der Waals surface area (Å²) in [5, 5.41) is 0. The first-order valence-electron chi connectivity index (χ1n) is 1.45. The minimum Gasteiger partial charge on any atom is -0.229 e. The number of nitrogens with zero attached hydrogens (tertiary/aromatic N) is 1. The van der Waals surface area contributed by atoms with E-state index in [1.54, 1.807) is 0 Å². The maximum absolute atomic E-state index is 3.58. The van der Waals surface area contributed by atoms with Crippen LogP contribution in [0.5, 0.6) is 0 Å². The Balaban J connectivity index is 2.60. The van der Waals surface area contributed by atoms with Crippen LogP contribution in [0.2, 0.25) is 0 Å². The Morgan fingerprint density at radius 1 is 1.50 bits per heavy atom. The van der Waals surface area contributed by atoms with E-state index in [0.29, 0.717) is 0 Å². The van der Waals surface area contributed by atoms with Crippen molar-refractivity contribution in [1.82, 2.24) is 0 Å². The molecule has 0 bridgehead atoms. The largest absolute Gasteiger partial charge is 0.229 e. The lowest BCUT2D eigenvalue weighted by Gasteiger charge is -1.35. The lowest BCUT2D eigenvalue weighted by Crippen LogP contribution is -1.57. The zero-order chi connectivity index (χ0) is 2.99. The van der Waals surface area contributed by atoms with Gasteiger partial charge in [0.25, 0.3) is 0 Å². The molecule has 1 aliphatic rings. The Morgan fingerprint density at radius 2 is 1.75 bits per heavy atom. The van der Waals surface area contributed by atoms with E-state index in [2.05, 4.69) is 6.72 Å². The zero-order valence-electron chi connectivity index (χ0n) is 2.57. The predicted octanol–water partition coefficient (Wildman–Crippen LogP) is -0.287. The van der Waals surface area contributed by atoms with Gasteiger partial charge in [0, 0.05) is 0 Å². The van der Waals surface area contributed by atoms with E-state index in [-0.39, 0.29) is 0 Å². The van der Waals surface area contributed by atoms with Gasteiger partial charge in [-0.15, -0.1) is 0 Å². The molecule has 1 heteroatoms. The second kappa shape index (κ2) is 0.341. The third-order valence-corrected chi connectivity index (χ3v) is 0.540. The van der Waals surface area contributed by atoms with Crippen LogP contribution in [-0.4, -0.2) is 24.4 Å². The van der Waals surface area contributed by atoms with Crippen LogP contribution in [0.15, 0.2) is 0 Å². The lowest BCUT2D eigenvalue weighted by molar-refractivity contribution is -0.324. The second-order valence-electron chi connectivity index (χ2n) is 1.12. The van der Waals surface area contributed by atoms with Crippen LogP contribution < -0.4 is 0 Å². The molecule has 4 heavy (non-hydrogen) atoms. The average molecular weight is 56.1 g/mol. The molecule has 0 aromatic carbocycles. The lowest BCUT2D eigenvalue weighted by atomic mass is 11.0. The van der Waals surface area contributed by atoms with Crippen LogP contribution in [0.3, 0.4) is 0 Å². The minimum atomic E-state index is 1.21. The van der Waals surface area contributed by atoms with Gasteiger partial charge in [0.2, 0.25) is 13.1 Å². The molecule has 1 rings (SSSR count). The van der Waals surface area contributed by atoms with Gasteiger partial charge in [0.05, 0.1) is 0 Å². The van der Waals surface area contributed by atoms with E-state index in [4.69, 9.17) is 0 Å². The highest BCUT2D eigenvalue weighted by molar-refractivity contribution is 5.15. The Kier molecular flexibility index (Phi) is 0.166. The molecule has 1 saturated heterocycles. The quantitative estimate of drug-likeness (QED) is 0.265. The van der Waals surface area contributed by atoms with Crippen LogP contribution in [0.1, 0.15) is 0 Å². The summed E-state index contributed by atoms with van der Waals surface area (Å²) >= 11 is 0. The summed E-state index contributed by atoms with van der Waals surface area (Å²) < 4.78 is 2.00. The van der Waals surface area contributed by atoms with Gasteiger partial charge < -0.3 is 0 Å². The summed E-state index contributed by atoms with van der Waals surface area (Å²) in [6, 6.07) is 0. The fourth-order valence-corrected chi connectivity index (χ4v) is 0.0707. The molecule has 0 radical (unpaired) electrons. The van der Waals surface area contributed by atoms with Crippen molar-refractivity contribution in [2.75, 3.05) is 13.1 Å². The first-order chi connectivity index (χ1) is 1.89.